The first-order valence-corrected chi connectivity index (χ1v) is 7.84. The first-order chi connectivity index (χ1) is 10.8. The first kappa shape index (κ1) is 15.3. The lowest BCUT2D eigenvalue weighted by Gasteiger charge is -2.26. The zero-order valence-corrected chi connectivity index (χ0v) is 13.1. The standard InChI is InChI=1S/C17H19ClN2O2/c18-16-4-2-1-3-15(16)14-5-6-17(19-13-14)22-12-9-20-7-10-21-11-8-20/h1-6,13H,7-12H2. The largest absolute Gasteiger partial charge is 0.476 e. The summed E-state index contributed by atoms with van der Waals surface area (Å²) in [5.41, 5.74) is 1.97. The van der Waals surface area contributed by atoms with Crippen LogP contribution in [-0.4, -0.2) is 49.3 Å². The quantitative estimate of drug-likeness (QED) is 0.848. The van der Waals surface area contributed by atoms with Crippen LogP contribution in [0.2, 0.25) is 5.02 Å². The van der Waals surface area contributed by atoms with Gasteiger partial charge in [-0.3, -0.25) is 4.90 Å². The molecule has 2 aromatic rings. The van der Waals surface area contributed by atoms with Crippen molar-refractivity contribution in [3.8, 4) is 17.0 Å². The van der Waals surface area contributed by atoms with Gasteiger partial charge in [0.1, 0.15) is 6.61 Å². The number of morpholine rings is 1. The minimum absolute atomic E-state index is 0.637. The zero-order valence-electron chi connectivity index (χ0n) is 12.4. The Balaban J connectivity index is 1.54. The molecule has 0 saturated carbocycles. The minimum atomic E-state index is 0.637. The zero-order chi connectivity index (χ0) is 15.2. The summed E-state index contributed by atoms with van der Waals surface area (Å²) in [7, 11) is 0. The highest BCUT2D eigenvalue weighted by Gasteiger charge is 2.10. The Morgan fingerprint density at radius 3 is 2.68 bits per heavy atom. The molecule has 0 N–H and O–H groups in total. The fourth-order valence-electron chi connectivity index (χ4n) is 2.42. The maximum atomic E-state index is 6.19. The summed E-state index contributed by atoms with van der Waals surface area (Å²) in [6, 6.07) is 11.6. The highest BCUT2D eigenvalue weighted by molar-refractivity contribution is 6.33. The fourth-order valence-corrected chi connectivity index (χ4v) is 2.67. The van der Waals surface area contributed by atoms with Crippen molar-refractivity contribution >= 4 is 11.6 Å². The van der Waals surface area contributed by atoms with Gasteiger partial charge in [0, 0.05) is 48.0 Å². The van der Waals surface area contributed by atoms with Gasteiger partial charge in [0.05, 0.1) is 13.2 Å². The molecule has 0 spiro atoms. The summed E-state index contributed by atoms with van der Waals surface area (Å²) < 4.78 is 11.0. The molecule has 1 aliphatic rings. The Labute approximate surface area is 135 Å². The van der Waals surface area contributed by atoms with Crippen LogP contribution in [0, 0.1) is 0 Å². The number of pyridine rings is 1. The molecule has 5 heteroatoms. The van der Waals surface area contributed by atoms with E-state index in [1.807, 2.05) is 36.4 Å². The fraction of sp³-hybridized carbons (Fsp3) is 0.353. The summed E-state index contributed by atoms with van der Waals surface area (Å²) >= 11 is 6.19. The van der Waals surface area contributed by atoms with E-state index in [0.717, 1.165) is 49.0 Å². The van der Waals surface area contributed by atoms with Crippen LogP contribution in [0.25, 0.3) is 11.1 Å². The van der Waals surface area contributed by atoms with E-state index in [9.17, 15) is 0 Å². The molecule has 1 fully saturated rings. The van der Waals surface area contributed by atoms with E-state index in [-0.39, 0.29) is 0 Å². The molecule has 0 aliphatic carbocycles. The highest BCUT2D eigenvalue weighted by atomic mass is 35.5. The van der Waals surface area contributed by atoms with Crippen LogP contribution >= 0.6 is 11.6 Å². The molecule has 22 heavy (non-hydrogen) atoms. The molecule has 2 heterocycles. The third kappa shape index (κ3) is 3.97. The average Bonchev–Trinajstić information content (AvgIpc) is 2.57. The molecule has 3 rings (SSSR count). The third-order valence-corrected chi connectivity index (χ3v) is 4.01. The lowest BCUT2D eigenvalue weighted by molar-refractivity contribution is 0.0320. The van der Waals surface area contributed by atoms with Gasteiger partial charge in [-0.25, -0.2) is 4.98 Å². The van der Waals surface area contributed by atoms with E-state index in [0.29, 0.717) is 12.5 Å². The van der Waals surface area contributed by atoms with Gasteiger partial charge in [-0.2, -0.15) is 0 Å². The Bertz CT molecular complexity index is 598. The molecule has 1 saturated heterocycles. The van der Waals surface area contributed by atoms with Crippen molar-refractivity contribution in [2.45, 2.75) is 0 Å². The molecule has 0 radical (unpaired) electrons. The van der Waals surface area contributed by atoms with Crippen molar-refractivity contribution in [1.82, 2.24) is 9.88 Å². The predicted octanol–water partition coefficient (Wildman–Crippen LogP) is 3.11. The lowest BCUT2D eigenvalue weighted by Crippen LogP contribution is -2.38. The summed E-state index contributed by atoms with van der Waals surface area (Å²) in [4.78, 5) is 6.69. The van der Waals surface area contributed by atoms with Crippen molar-refractivity contribution < 1.29 is 9.47 Å². The van der Waals surface area contributed by atoms with E-state index in [2.05, 4.69) is 9.88 Å². The second kappa shape index (κ2) is 7.58. The van der Waals surface area contributed by atoms with Gasteiger partial charge in [-0.05, 0) is 12.1 Å². The lowest BCUT2D eigenvalue weighted by atomic mass is 10.1. The minimum Gasteiger partial charge on any atom is -0.476 e. The molecule has 4 nitrogen and oxygen atoms in total. The van der Waals surface area contributed by atoms with Gasteiger partial charge in [0.15, 0.2) is 0 Å². The smallest absolute Gasteiger partial charge is 0.213 e. The molecule has 0 unspecified atom stereocenters. The number of aromatic nitrogens is 1. The van der Waals surface area contributed by atoms with E-state index < -0.39 is 0 Å². The Morgan fingerprint density at radius 1 is 1.14 bits per heavy atom. The van der Waals surface area contributed by atoms with Crippen LogP contribution < -0.4 is 4.74 Å². The Morgan fingerprint density at radius 2 is 1.95 bits per heavy atom. The van der Waals surface area contributed by atoms with Gasteiger partial charge in [-0.15, -0.1) is 0 Å². The van der Waals surface area contributed by atoms with Crippen molar-refractivity contribution in [2.75, 3.05) is 39.5 Å². The summed E-state index contributed by atoms with van der Waals surface area (Å²) in [5, 5.41) is 0.727. The normalized spacial score (nSPS) is 15.7. The molecular weight excluding hydrogens is 300 g/mol. The van der Waals surface area contributed by atoms with Gasteiger partial charge in [0.25, 0.3) is 0 Å². The van der Waals surface area contributed by atoms with Gasteiger partial charge >= 0.3 is 0 Å². The van der Waals surface area contributed by atoms with Crippen LogP contribution in [0.4, 0.5) is 0 Å². The van der Waals surface area contributed by atoms with Crippen LogP contribution in [-0.2, 0) is 4.74 Å². The Kier molecular flexibility index (Phi) is 5.27. The van der Waals surface area contributed by atoms with E-state index >= 15 is 0 Å². The van der Waals surface area contributed by atoms with Crippen LogP contribution in [0.15, 0.2) is 42.6 Å². The number of hydrogen-bond donors (Lipinski definition) is 0. The van der Waals surface area contributed by atoms with E-state index in [1.165, 1.54) is 0 Å². The van der Waals surface area contributed by atoms with Gasteiger partial charge < -0.3 is 9.47 Å². The van der Waals surface area contributed by atoms with Crippen molar-refractivity contribution in [3.05, 3.63) is 47.6 Å². The molecular formula is C17H19ClN2O2. The molecule has 116 valence electrons. The van der Waals surface area contributed by atoms with Gasteiger partial charge in [-0.1, -0.05) is 29.8 Å². The topological polar surface area (TPSA) is 34.6 Å². The number of rotatable bonds is 5. The number of hydrogen-bond acceptors (Lipinski definition) is 4. The summed E-state index contributed by atoms with van der Waals surface area (Å²) in [6.07, 6.45) is 1.80. The average molecular weight is 319 g/mol. The van der Waals surface area contributed by atoms with Crippen molar-refractivity contribution in [2.24, 2.45) is 0 Å². The predicted molar refractivity (Wildman–Crippen MR) is 87.4 cm³/mol. The molecule has 0 atom stereocenters. The number of benzene rings is 1. The molecule has 0 bridgehead atoms. The molecule has 0 amide bonds. The molecule has 1 aromatic heterocycles. The van der Waals surface area contributed by atoms with Crippen LogP contribution in [0.5, 0.6) is 5.88 Å². The van der Waals surface area contributed by atoms with Crippen LogP contribution in [0.3, 0.4) is 0 Å². The number of halogens is 1. The molecule has 1 aliphatic heterocycles. The highest BCUT2D eigenvalue weighted by Crippen LogP contribution is 2.27. The van der Waals surface area contributed by atoms with E-state index in [4.69, 9.17) is 21.1 Å². The SMILES string of the molecule is Clc1ccccc1-c1ccc(OCCN2CCOCC2)nc1. The summed E-state index contributed by atoms with van der Waals surface area (Å²) in [5.74, 6) is 0.643. The maximum absolute atomic E-state index is 6.19. The number of nitrogens with zero attached hydrogens (tertiary/aromatic N) is 2. The van der Waals surface area contributed by atoms with Crippen LogP contribution in [0.1, 0.15) is 0 Å². The third-order valence-electron chi connectivity index (χ3n) is 3.68. The van der Waals surface area contributed by atoms with Crippen molar-refractivity contribution in [1.29, 1.82) is 0 Å². The monoisotopic (exact) mass is 318 g/mol. The molecule has 1 aromatic carbocycles. The second-order valence-electron chi connectivity index (χ2n) is 5.17. The maximum Gasteiger partial charge on any atom is 0.213 e. The summed E-state index contributed by atoms with van der Waals surface area (Å²) in [6.45, 7) is 5.11. The number of ether oxygens (including phenoxy) is 2. The Hall–Kier alpha value is -1.62. The second-order valence-corrected chi connectivity index (χ2v) is 5.57. The van der Waals surface area contributed by atoms with E-state index in [1.54, 1.807) is 6.20 Å². The first-order valence-electron chi connectivity index (χ1n) is 7.47. The van der Waals surface area contributed by atoms with Gasteiger partial charge in [0.2, 0.25) is 5.88 Å². The van der Waals surface area contributed by atoms with Crippen molar-refractivity contribution in [3.63, 3.8) is 0 Å².